The van der Waals surface area contributed by atoms with Crippen molar-refractivity contribution in [3.63, 3.8) is 0 Å². The van der Waals surface area contributed by atoms with E-state index in [4.69, 9.17) is 27.9 Å². The van der Waals surface area contributed by atoms with Crippen LogP contribution in [-0.2, 0) is 15.1 Å². The first-order valence-electron chi connectivity index (χ1n) is 4.75. The maximum atomic E-state index is 11.6. The van der Waals surface area contributed by atoms with Gasteiger partial charge in [-0.15, -0.1) is 0 Å². The number of hydrogen-bond acceptors (Lipinski definition) is 3. The molecule has 0 fully saturated rings. The summed E-state index contributed by atoms with van der Waals surface area (Å²) < 4.78 is 4.77. The molecule has 1 N–H and O–H groups in total. The van der Waals surface area contributed by atoms with Crippen LogP contribution in [0.3, 0.4) is 0 Å². The van der Waals surface area contributed by atoms with E-state index in [1.165, 1.54) is 13.0 Å². The Balaban J connectivity index is 3.16. The van der Waals surface area contributed by atoms with Crippen LogP contribution in [0.25, 0.3) is 0 Å². The van der Waals surface area contributed by atoms with Crippen LogP contribution in [0, 0.1) is 0 Å². The standard InChI is InChI=1S/C11H12Cl2O3/c1-3-16-10(14)11(2,15)7-5-4-6-8(12)9(7)13/h4-6,15H,3H2,1-2H3. The number of hydrogen-bond donors (Lipinski definition) is 1. The lowest BCUT2D eigenvalue weighted by atomic mass is 9.96. The minimum atomic E-state index is -1.79. The highest BCUT2D eigenvalue weighted by Crippen LogP contribution is 2.33. The lowest BCUT2D eigenvalue weighted by Gasteiger charge is -2.22. The van der Waals surface area contributed by atoms with Crippen molar-refractivity contribution in [2.45, 2.75) is 19.4 Å². The Morgan fingerprint density at radius 3 is 2.69 bits per heavy atom. The Bertz CT molecular complexity index is 402. The van der Waals surface area contributed by atoms with E-state index in [2.05, 4.69) is 0 Å². The summed E-state index contributed by atoms with van der Waals surface area (Å²) in [7, 11) is 0. The van der Waals surface area contributed by atoms with Crippen molar-refractivity contribution >= 4 is 29.2 Å². The minimum absolute atomic E-state index is 0.155. The molecule has 1 rings (SSSR count). The van der Waals surface area contributed by atoms with E-state index in [-0.39, 0.29) is 22.2 Å². The van der Waals surface area contributed by atoms with Gasteiger partial charge in [-0.3, -0.25) is 0 Å². The van der Waals surface area contributed by atoms with Gasteiger partial charge in [0.1, 0.15) is 0 Å². The third-order valence-electron chi connectivity index (χ3n) is 2.15. The summed E-state index contributed by atoms with van der Waals surface area (Å²) in [5.41, 5.74) is -1.56. The van der Waals surface area contributed by atoms with E-state index in [0.29, 0.717) is 0 Å². The van der Waals surface area contributed by atoms with Crippen LogP contribution < -0.4 is 0 Å². The SMILES string of the molecule is CCOC(=O)C(C)(O)c1cccc(Cl)c1Cl. The maximum Gasteiger partial charge on any atom is 0.342 e. The predicted octanol–water partition coefficient (Wildman–Crippen LogP) is 2.76. The van der Waals surface area contributed by atoms with Gasteiger partial charge in [-0.25, -0.2) is 4.79 Å². The van der Waals surface area contributed by atoms with Gasteiger partial charge in [0, 0.05) is 5.56 Å². The van der Waals surface area contributed by atoms with Gasteiger partial charge in [0.15, 0.2) is 5.60 Å². The summed E-state index contributed by atoms with van der Waals surface area (Å²) in [6.07, 6.45) is 0. The van der Waals surface area contributed by atoms with E-state index in [0.717, 1.165) is 0 Å². The third kappa shape index (κ3) is 2.48. The number of benzene rings is 1. The third-order valence-corrected chi connectivity index (χ3v) is 2.97. The molecule has 3 nitrogen and oxygen atoms in total. The van der Waals surface area contributed by atoms with E-state index in [1.54, 1.807) is 19.1 Å². The van der Waals surface area contributed by atoms with Crippen LogP contribution in [0.5, 0.6) is 0 Å². The summed E-state index contributed by atoms with van der Waals surface area (Å²) >= 11 is 11.7. The first-order valence-corrected chi connectivity index (χ1v) is 5.51. The van der Waals surface area contributed by atoms with Crippen LogP contribution in [0.1, 0.15) is 19.4 Å². The second kappa shape index (κ2) is 5.04. The number of aliphatic hydroxyl groups is 1. The van der Waals surface area contributed by atoms with Gasteiger partial charge < -0.3 is 9.84 Å². The van der Waals surface area contributed by atoms with Gasteiger partial charge in [-0.05, 0) is 19.9 Å². The molecule has 0 bridgehead atoms. The molecule has 0 aliphatic carbocycles. The molecule has 0 amide bonds. The van der Waals surface area contributed by atoms with Crippen molar-refractivity contribution in [1.82, 2.24) is 0 Å². The molecule has 0 radical (unpaired) electrons. The number of carbonyl (C=O) groups excluding carboxylic acids is 1. The van der Waals surface area contributed by atoms with Gasteiger partial charge in [0.05, 0.1) is 16.7 Å². The molecular weight excluding hydrogens is 251 g/mol. The highest BCUT2D eigenvalue weighted by atomic mass is 35.5. The van der Waals surface area contributed by atoms with Gasteiger partial charge in [-0.2, -0.15) is 0 Å². The average molecular weight is 263 g/mol. The lowest BCUT2D eigenvalue weighted by Crippen LogP contribution is -2.34. The van der Waals surface area contributed by atoms with Crippen molar-refractivity contribution in [1.29, 1.82) is 0 Å². The van der Waals surface area contributed by atoms with Gasteiger partial charge in [-0.1, -0.05) is 35.3 Å². The van der Waals surface area contributed by atoms with Crippen LogP contribution in [0.4, 0.5) is 0 Å². The fraction of sp³-hybridized carbons (Fsp3) is 0.364. The molecule has 16 heavy (non-hydrogen) atoms. The molecule has 0 spiro atoms. The molecule has 88 valence electrons. The molecular formula is C11H12Cl2O3. The van der Waals surface area contributed by atoms with Crippen molar-refractivity contribution in [3.8, 4) is 0 Å². The summed E-state index contributed by atoms with van der Waals surface area (Å²) in [5.74, 6) is -0.751. The molecule has 0 aliphatic rings. The smallest absolute Gasteiger partial charge is 0.342 e. The van der Waals surface area contributed by atoms with E-state index < -0.39 is 11.6 Å². The van der Waals surface area contributed by atoms with E-state index >= 15 is 0 Å². The largest absolute Gasteiger partial charge is 0.464 e. The Morgan fingerprint density at radius 2 is 2.12 bits per heavy atom. The zero-order valence-corrected chi connectivity index (χ0v) is 10.5. The Hall–Kier alpha value is -0.770. The maximum absolute atomic E-state index is 11.6. The number of ether oxygens (including phenoxy) is 1. The van der Waals surface area contributed by atoms with Crippen molar-refractivity contribution in [2.24, 2.45) is 0 Å². The fourth-order valence-electron chi connectivity index (χ4n) is 1.26. The average Bonchev–Trinajstić information content (AvgIpc) is 2.22. The Morgan fingerprint density at radius 1 is 1.50 bits per heavy atom. The first-order chi connectivity index (χ1) is 7.41. The predicted molar refractivity (Wildman–Crippen MR) is 62.7 cm³/mol. The second-order valence-electron chi connectivity index (χ2n) is 3.39. The molecule has 0 aliphatic heterocycles. The molecule has 0 saturated carbocycles. The van der Waals surface area contributed by atoms with Crippen LogP contribution in [0.15, 0.2) is 18.2 Å². The second-order valence-corrected chi connectivity index (χ2v) is 4.18. The van der Waals surface area contributed by atoms with Crippen LogP contribution >= 0.6 is 23.2 Å². The van der Waals surface area contributed by atoms with E-state index in [1.807, 2.05) is 0 Å². The number of esters is 1. The quantitative estimate of drug-likeness (QED) is 0.853. The van der Waals surface area contributed by atoms with Gasteiger partial charge in [0.25, 0.3) is 0 Å². The highest BCUT2D eigenvalue weighted by Gasteiger charge is 2.36. The zero-order chi connectivity index (χ0) is 12.3. The van der Waals surface area contributed by atoms with Gasteiger partial charge in [0.2, 0.25) is 0 Å². The lowest BCUT2D eigenvalue weighted by molar-refractivity contribution is -0.164. The topological polar surface area (TPSA) is 46.5 Å². The Kier molecular flexibility index (Phi) is 4.19. The molecule has 5 heteroatoms. The molecule has 1 atom stereocenters. The zero-order valence-electron chi connectivity index (χ0n) is 8.96. The first kappa shape index (κ1) is 13.3. The number of rotatable bonds is 3. The normalized spacial score (nSPS) is 14.3. The number of carbonyl (C=O) groups is 1. The van der Waals surface area contributed by atoms with Gasteiger partial charge >= 0.3 is 5.97 Å². The molecule has 0 heterocycles. The summed E-state index contributed by atoms with van der Waals surface area (Å²) in [4.78, 5) is 11.6. The molecule has 0 saturated heterocycles. The monoisotopic (exact) mass is 262 g/mol. The molecule has 1 aromatic carbocycles. The minimum Gasteiger partial charge on any atom is -0.464 e. The summed E-state index contributed by atoms with van der Waals surface area (Å²) in [6.45, 7) is 3.17. The van der Waals surface area contributed by atoms with Crippen LogP contribution in [-0.4, -0.2) is 17.7 Å². The molecule has 1 unspecified atom stereocenters. The van der Waals surface area contributed by atoms with Crippen LogP contribution in [0.2, 0.25) is 10.0 Å². The summed E-state index contributed by atoms with van der Waals surface area (Å²) in [6, 6.07) is 4.72. The number of halogens is 2. The summed E-state index contributed by atoms with van der Waals surface area (Å²) in [5, 5.41) is 10.5. The molecule has 0 aromatic heterocycles. The highest BCUT2D eigenvalue weighted by molar-refractivity contribution is 6.42. The van der Waals surface area contributed by atoms with Crippen molar-refractivity contribution in [3.05, 3.63) is 33.8 Å². The molecule has 1 aromatic rings. The van der Waals surface area contributed by atoms with Crippen molar-refractivity contribution < 1.29 is 14.6 Å². The Labute approximate surface area is 104 Å². The van der Waals surface area contributed by atoms with E-state index in [9.17, 15) is 9.90 Å². The fourth-order valence-corrected chi connectivity index (χ4v) is 1.75. The van der Waals surface area contributed by atoms with Crippen molar-refractivity contribution in [2.75, 3.05) is 6.61 Å².